The summed E-state index contributed by atoms with van der Waals surface area (Å²) in [5.41, 5.74) is 1.77. The summed E-state index contributed by atoms with van der Waals surface area (Å²) in [5.74, 6) is 0. The van der Waals surface area contributed by atoms with Crippen LogP contribution < -0.4 is 10.2 Å². The van der Waals surface area contributed by atoms with Crippen molar-refractivity contribution in [2.75, 3.05) is 16.8 Å². The van der Waals surface area contributed by atoms with Gasteiger partial charge in [-0.25, -0.2) is 4.79 Å². The van der Waals surface area contributed by atoms with Crippen molar-refractivity contribution in [1.29, 1.82) is 0 Å². The maximum atomic E-state index is 12.0. The van der Waals surface area contributed by atoms with E-state index in [2.05, 4.69) is 17.1 Å². The molecule has 1 atom stereocenters. The third-order valence-corrected chi connectivity index (χ3v) is 3.29. The number of hydrogen-bond acceptors (Lipinski definition) is 3. The highest BCUT2D eigenvalue weighted by molar-refractivity contribution is 5.84. The van der Waals surface area contributed by atoms with Crippen LogP contribution in [0.5, 0.6) is 0 Å². The predicted octanol–water partition coefficient (Wildman–Crippen LogP) is 4.50. The third kappa shape index (κ3) is 4.52. The van der Waals surface area contributed by atoms with Gasteiger partial charge in [-0.15, -0.1) is 0 Å². The zero-order valence-electron chi connectivity index (χ0n) is 13.0. The fraction of sp³-hybridized carbons (Fsp3) is 0.278. The minimum absolute atomic E-state index is 0.342. The molecule has 0 saturated carbocycles. The number of benzene rings is 2. The van der Waals surface area contributed by atoms with Crippen molar-refractivity contribution >= 4 is 17.5 Å². The molecule has 22 heavy (non-hydrogen) atoms. The Morgan fingerprint density at radius 1 is 1.09 bits per heavy atom. The predicted molar refractivity (Wildman–Crippen MR) is 90.1 cm³/mol. The summed E-state index contributed by atoms with van der Waals surface area (Å²) >= 11 is 0. The standard InChI is InChI=1S/C18H22N2O2/c1-3-14-20(17-12-8-5-9-13-17)15(2)22-18(21)19-16-10-6-4-7-11-16/h4-13,15H,3,14H2,1-2H3,(H,19,21). The van der Waals surface area contributed by atoms with E-state index in [4.69, 9.17) is 4.74 Å². The molecule has 0 saturated heterocycles. The zero-order valence-corrected chi connectivity index (χ0v) is 13.0. The average Bonchev–Trinajstić information content (AvgIpc) is 2.54. The van der Waals surface area contributed by atoms with Gasteiger partial charge >= 0.3 is 6.09 Å². The number of ether oxygens (including phenoxy) is 1. The molecule has 0 spiro atoms. The second-order valence-corrected chi connectivity index (χ2v) is 5.02. The van der Waals surface area contributed by atoms with Crippen LogP contribution in [0, 0.1) is 0 Å². The highest BCUT2D eigenvalue weighted by Crippen LogP contribution is 2.18. The molecule has 0 aromatic heterocycles. The second kappa shape index (κ2) is 8.08. The highest BCUT2D eigenvalue weighted by atomic mass is 16.6. The molecule has 0 aliphatic rings. The molecular formula is C18H22N2O2. The van der Waals surface area contributed by atoms with Crippen molar-refractivity contribution in [3.8, 4) is 0 Å². The summed E-state index contributed by atoms with van der Waals surface area (Å²) in [6.45, 7) is 4.81. The first kappa shape index (κ1) is 15.9. The monoisotopic (exact) mass is 298 g/mol. The van der Waals surface area contributed by atoms with Gasteiger partial charge in [-0.1, -0.05) is 43.3 Å². The Morgan fingerprint density at radius 2 is 1.68 bits per heavy atom. The molecule has 4 heteroatoms. The van der Waals surface area contributed by atoms with Crippen LogP contribution in [0.2, 0.25) is 0 Å². The summed E-state index contributed by atoms with van der Waals surface area (Å²) in [6.07, 6.45) is 0.185. The number of anilines is 2. The van der Waals surface area contributed by atoms with E-state index in [1.54, 1.807) is 0 Å². The number of rotatable bonds is 6. The fourth-order valence-corrected chi connectivity index (χ4v) is 2.27. The van der Waals surface area contributed by atoms with Gasteiger partial charge in [0.15, 0.2) is 6.23 Å². The summed E-state index contributed by atoms with van der Waals surface area (Å²) in [6, 6.07) is 19.3. The van der Waals surface area contributed by atoms with Crippen LogP contribution in [0.3, 0.4) is 0 Å². The van der Waals surface area contributed by atoms with Gasteiger partial charge in [0.2, 0.25) is 0 Å². The van der Waals surface area contributed by atoms with Gasteiger partial charge in [0.25, 0.3) is 0 Å². The normalized spacial score (nSPS) is 11.5. The van der Waals surface area contributed by atoms with Crippen LogP contribution in [0.4, 0.5) is 16.2 Å². The van der Waals surface area contributed by atoms with Crippen LogP contribution >= 0.6 is 0 Å². The summed E-state index contributed by atoms with van der Waals surface area (Å²) in [5, 5.41) is 2.73. The van der Waals surface area contributed by atoms with E-state index in [9.17, 15) is 4.79 Å². The molecule has 4 nitrogen and oxygen atoms in total. The topological polar surface area (TPSA) is 41.6 Å². The van der Waals surface area contributed by atoms with Gasteiger partial charge < -0.3 is 9.64 Å². The van der Waals surface area contributed by atoms with Crippen LogP contribution in [-0.4, -0.2) is 18.9 Å². The molecule has 1 N–H and O–H groups in total. The Kier molecular flexibility index (Phi) is 5.83. The van der Waals surface area contributed by atoms with Crippen LogP contribution in [-0.2, 0) is 4.74 Å². The molecule has 0 bridgehead atoms. The molecule has 0 heterocycles. The van der Waals surface area contributed by atoms with E-state index in [-0.39, 0.29) is 6.23 Å². The molecule has 1 amide bonds. The SMILES string of the molecule is CCCN(c1ccccc1)C(C)OC(=O)Nc1ccccc1. The minimum atomic E-state index is -0.448. The van der Waals surface area contributed by atoms with E-state index in [1.807, 2.05) is 67.6 Å². The Labute approximate surface area is 131 Å². The molecule has 116 valence electrons. The second-order valence-electron chi connectivity index (χ2n) is 5.02. The lowest BCUT2D eigenvalue weighted by Crippen LogP contribution is -2.38. The third-order valence-electron chi connectivity index (χ3n) is 3.29. The Bertz CT molecular complexity index is 572. The smallest absolute Gasteiger partial charge is 0.413 e. The van der Waals surface area contributed by atoms with Crippen LogP contribution in [0.15, 0.2) is 60.7 Å². The Hall–Kier alpha value is -2.49. The quantitative estimate of drug-likeness (QED) is 0.798. The molecule has 2 aromatic rings. The van der Waals surface area contributed by atoms with Gasteiger partial charge in [0, 0.05) is 17.9 Å². The van der Waals surface area contributed by atoms with Crippen molar-refractivity contribution in [2.24, 2.45) is 0 Å². The lowest BCUT2D eigenvalue weighted by atomic mass is 10.2. The van der Waals surface area contributed by atoms with Crippen LogP contribution in [0.25, 0.3) is 0 Å². The van der Waals surface area contributed by atoms with Crippen molar-refractivity contribution in [3.05, 3.63) is 60.7 Å². The summed E-state index contributed by atoms with van der Waals surface area (Å²) in [7, 11) is 0. The van der Waals surface area contributed by atoms with Gasteiger partial charge in [0.1, 0.15) is 0 Å². The Morgan fingerprint density at radius 3 is 2.27 bits per heavy atom. The molecule has 0 aliphatic carbocycles. The molecule has 0 fully saturated rings. The van der Waals surface area contributed by atoms with E-state index in [0.29, 0.717) is 0 Å². The summed E-state index contributed by atoms with van der Waals surface area (Å²) in [4.78, 5) is 14.1. The van der Waals surface area contributed by atoms with E-state index in [1.165, 1.54) is 0 Å². The molecule has 1 unspecified atom stereocenters. The number of nitrogens with one attached hydrogen (secondary N) is 1. The van der Waals surface area contributed by atoms with Gasteiger partial charge in [-0.2, -0.15) is 0 Å². The van der Waals surface area contributed by atoms with Crippen molar-refractivity contribution in [2.45, 2.75) is 26.5 Å². The minimum Gasteiger partial charge on any atom is -0.425 e. The first-order chi connectivity index (χ1) is 10.7. The summed E-state index contributed by atoms with van der Waals surface area (Å²) < 4.78 is 5.50. The highest BCUT2D eigenvalue weighted by Gasteiger charge is 2.17. The number of para-hydroxylation sites is 2. The van der Waals surface area contributed by atoms with Gasteiger partial charge in [-0.05, 0) is 37.6 Å². The average molecular weight is 298 g/mol. The maximum Gasteiger partial charge on any atom is 0.413 e. The van der Waals surface area contributed by atoms with Gasteiger partial charge in [0.05, 0.1) is 0 Å². The number of hydrogen-bond donors (Lipinski definition) is 1. The zero-order chi connectivity index (χ0) is 15.8. The fourth-order valence-electron chi connectivity index (χ4n) is 2.27. The first-order valence-electron chi connectivity index (χ1n) is 7.55. The molecule has 2 aromatic carbocycles. The van der Waals surface area contributed by atoms with Crippen LogP contribution in [0.1, 0.15) is 20.3 Å². The molecule has 0 radical (unpaired) electrons. The maximum absolute atomic E-state index is 12.0. The largest absolute Gasteiger partial charge is 0.425 e. The van der Waals surface area contributed by atoms with E-state index >= 15 is 0 Å². The van der Waals surface area contributed by atoms with Crippen molar-refractivity contribution < 1.29 is 9.53 Å². The Balaban J connectivity index is 1.99. The number of carbonyl (C=O) groups excluding carboxylic acids is 1. The van der Waals surface area contributed by atoms with Crippen molar-refractivity contribution in [3.63, 3.8) is 0 Å². The van der Waals surface area contributed by atoms with Crippen molar-refractivity contribution in [1.82, 2.24) is 0 Å². The molecule has 0 aliphatic heterocycles. The van der Waals surface area contributed by atoms with E-state index in [0.717, 1.165) is 24.3 Å². The molecule has 2 rings (SSSR count). The molecular weight excluding hydrogens is 276 g/mol. The first-order valence-corrected chi connectivity index (χ1v) is 7.55. The van der Waals surface area contributed by atoms with Gasteiger partial charge in [-0.3, -0.25) is 5.32 Å². The number of carbonyl (C=O) groups is 1. The lowest BCUT2D eigenvalue weighted by molar-refractivity contribution is 0.118. The van der Waals surface area contributed by atoms with E-state index < -0.39 is 6.09 Å². The number of amides is 1. The number of nitrogens with zero attached hydrogens (tertiary/aromatic N) is 1. The lowest BCUT2D eigenvalue weighted by Gasteiger charge is -2.30.